The molecule has 4 atom stereocenters. The number of ether oxygens (including phenoxy) is 2. The van der Waals surface area contributed by atoms with Crippen LogP contribution in [-0.2, 0) is 9.47 Å². The van der Waals surface area contributed by atoms with Crippen molar-refractivity contribution < 1.29 is 9.47 Å². The predicted octanol–water partition coefficient (Wildman–Crippen LogP) is 1.79. The van der Waals surface area contributed by atoms with Crippen LogP contribution in [0.4, 0.5) is 0 Å². The third-order valence-electron chi connectivity index (χ3n) is 3.53. The summed E-state index contributed by atoms with van der Waals surface area (Å²) >= 11 is 0. The minimum atomic E-state index is -0.529. The Kier molecular flexibility index (Phi) is 2.45. The summed E-state index contributed by atoms with van der Waals surface area (Å²) in [6.45, 7) is 9.54. The van der Waals surface area contributed by atoms with Gasteiger partial charge in [-0.2, -0.15) is 0 Å². The molecular formula is C12H21NO2. The van der Waals surface area contributed by atoms with Crippen molar-refractivity contribution >= 4 is 0 Å². The normalized spacial score (nSPS) is 47.3. The highest BCUT2D eigenvalue weighted by Gasteiger charge is 2.70. The van der Waals surface area contributed by atoms with Crippen molar-refractivity contribution in [3.05, 3.63) is 12.2 Å². The van der Waals surface area contributed by atoms with Crippen molar-refractivity contribution in [1.29, 1.82) is 0 Å². The number of methoxy groups -OCH3 is 1. The van der Waals surface area contributed by atoms with Gasteiger partial charge in [-0.3, -0.25) is 4.90 Å². The van der Waals surface area contributed by atoms with Crippen molar-refractivity contribution in [2.75, 3.05) is 13.7 Å². The van der Waals surface area contributed by atoms with Gasteiger partial charge in [0.15, 0.2) is 0 Å². The van der Waals surface area contributed by atoms with Gasteiger partial charge in [-0.15, -0.1) is 0 Å². The Morgan fingerprint density at radius 1 is 1.40 bits per heavy atom. The van der Waals surface area contributed by atoms with Gasteiger partial charge >= 0.3 is 0 Å². The molecule has 1 saturated heterocycles. The Hall–Kier alpha value is -0.380. The van der Waals surface area contributed by atoms with E-state index >= 15 is 0 Å². The van der Waals surface area contributed by atoms with E-state index in [0.29, 0.717) is 6.04 Å². The molecule has 3 heteroatoms. The van der Waals surface area contributed by atoms with E-state index < -0.39 is 5.79 Å². The van der Waals surface area contributed by atoms with E-state index in [1.54, 1.807) is 7.11 Å². The number of likely N-dealkylation sites (N-methyl/N-ethyl adjacent to an activating group) is 1. The van der Waals surface area contributed by atoms with Crippen LogP contribution in [0.3, 0.4) is 0 Å². The van der Waals surface area contributed by atoms with Crippen molar-refractivity contribution in [1.82, 2.24) is 4.90 Å². The average molecular weight is 211 g/mol. The smallest absolute Gasteiger partial charge is 0.206 e. The summed E-state index contributed by atoms with van der Waals surface area (Å²) < 4.78 is 11.6. The molecule has 0 N–H and O–H groups in total. The number of hydrogen-bond donors (Lipinski definition) is 0. The topological polar surface area (TPSA) is 21.5 Å². The molecule has 0 aromatic rings. The van der Waals surface area contributed by atoms with Gasteiger partial charge in [0.05, 0.1) is 17.7 Å². The summed E-state index contributed by atoms with van der Waals surface area (Å²) in [7, 11) is 1.73. The Morgan fingerprint density at radius 3 is 2.47 bits per heavy atom. The molecule has 1 heterocycles. The molecular weight excluding hydrogens is 190 g/mol. The maximum atomic E-state index is 5.95. The summed E-state index contributed by atoms with van der Waals surface area (Å²) in [6, 6.07) is 0.349. The van der Waals surface area contributed by atoms with Gasteiger partial charge in [0, 0.05) is 7.11 Å². The van der Waals surface area contributed by atoms with Gasteiger partial charge in [0.1, 0.15) is 0 Å². The van der Waals surface area contributed by atoms with E-state index in [2.05, 4.69) is 30.9 Å². The monoisotopic (exact) mass is 211 g/mol. The van der Waals surface area contributed by atoms with Crippen LogP contribution >= 0.6 is 0 Å². The first-order chi connectivity index (χ1) is 7.00. The van der Waals surface area contributed by atoms with E-state index in [1.165, 1.54) is 0 Å². The summed E-state index contributed by atoms with van der Waals surface area (Å²) in [4.78, 5) is 2.40. The van der Waals surface area contributed by atoms with Crippen LogP contribution in [0.2, 0.25) is 0 Å². The highest BCUT2D eigenvalue weighted by molar-refractivity contribution is 5.39. The fourth-order valence-electron chi connectivity index (χ4n) is 2.88. The third-order valence-corrected chi connectivity index (χ3v) is 3.53. The zero-order valence-electron chi connectivity index (χ0n) is 10.3. The Morgan fingerprint density at radius 2 is 2.07 bits per heavy atom. The second-order valence-electron chi connectivity index (χ2n) is 4.84. The lowest BCUT2D eigenvalue weighted by Crippen LogP contribution is -2.42. The zero-order chi connectivity index (χ0) is 11.3. The van der Waals surface area contributed by atoms with E-state index in [-0.39, 0.29) is 11.6 Å². The molecule has 0 aromatic heterocycles. The van der Waals surface area contributed by atoms with Crippen LogP contribution in [0.5, 0.6) is 0 Å². The number of fused-ring (bicyclic) bond motifs is 1. The molecule has 0 aromatic carbocycles. The predicted molar refractivity (Wildman–Crippen MR) is 59.7 cm³/mol. The summed E-state index contributed by atoms with van der Waals surface area (Å²) in [6.07, 6.45) is 4.47. The summed E-state index contributed by atoms with van der Waals surface area (Å²) in [5.41, 5.74) is 0.152. The van der Waals surface area contributed by atoms with Crippen LogP contribution in [0.25, 0.3) is 0 Å². The third kappa shape index (κ3) is 1.37. The minimum Gasteiger partial charge on any atom is -0.348 e. The van der Waals surface area contributed by atoms with Gasteiger partial charge < -0.3 is 9.47 Å². The first-order valence-electron chi connectivity index (χ1n) is 5.70. The van der Waals surface area contributed by atoms with E-state index in [9.17, 15) is 0 Å². The lowest BCUT2D eigenvalue weighted by Gasteiger charge is -2.30. The lowest BCUT2D eigenvalue weighted by atomic mass is 10.1. The molecule has 1 aliphatic carbocycles. The highest BCUT2D eigenvalue weighted by atomic mass is 16.7. The molecule has 1 unspecified atom stereocenters. The molecule has 0 bridgehead atoms. The second-order valence-corrected chi connectivity index (χ2v) is 4.84. The molecule has 3 nitrogen and oxygen atoms in total. The number of hydrogen-bond acceptors (Lipinski definition) is 3. The van der Waals surface area contributed by atoms with Crippen molar-refractivity contribution in [2.24, 2.45) is 0 Å². The standard InChI is InChI=1S/C12H21NO2/c1-6-13-10-11(13,4)7-8-12(10,14-5)15-9(2)3/h7-10H,6H2,1-5H3/t10-,11-,12+,13?/m1/s1. The van der Waals surface area contributed by atoms with Gasteiger partial charge in [-0.1, -0.05) is 13.0 Å². The largest absolute Gasteiger partial charge is 0.348 e. The Labute approximate surface area is 92.0 Å². The van der Waals surface area contributed by atoms with Gasteiger partial charge in [-0.25, -0.2) is 0 Å². The number of rotatable bonds is 4. The quantitative estimate of drug-likeness (QED) is 0.402. The molecule has 2 aliphatic rings. The van der Waals surface area contributed by atoms with Gasteiger partial charge in [0.2, 0.25) is 5.79 Å². The van der Waals surface area contributed by atoms with E-state index in [1.807, 2.05) is 13.8 Å². The zero-order valence-corrected chi connectivity index (χ0v) is 10.3. The molecule has 0 amide bonds. The maximum Gasteiger partial charge on any atom is 0.206 e. The minimum absolute atomic E-state index is 0.152. The van der Waals surface area contributed by atoms with Crippen LogP contribution in [0, 0.1) is 0 Å². The first-order valence-corrected chi connectivity index (χ1v) is 5.70. The molecule has 0 spiro atoms. The van der Waals surface area contributed by atoms with Crippen LogP contribution in [0.15, 0.2) is 12.2 Å². The highest BCUT2D eigenvalue weighted by Crippen LogP contribution is 2.54. The molecule has 2 rings (SSSR count). The van der Waals surface area contributed by atoms with Crippen LogP contribution < -0.4 is 0 Å². The molecule has 1 aliphatic heterocycles. The van der Waals surface area contributed by atoms with Crippen molar-refractivity contribution in [3.63, 3.8) is 0 Å². The first kappa shape index (κ1) is 11.1. The van der Waals surface area contributed by atoms with E-state index in [0.717, 1.165) is 6.54 Å². The fourth-order valence-corrected chi connectivity index (χ4v) is 2.88. The summed E-state index contributed by atoms with van der Waals surface area (Å²) in [5.74, 6) is -0.529. The van der Waals surface area contributed by atoms with Crippen molar-refractivity contribution in [2.45, 2.75) is 51.2 Å². The fraction of sp³-hybridized carbons (Fsp3) is 0.833. The maximum absolute atomic E-state index is 5.95. The molecule has 0 saturated carbocycles. The van der Waals surface area contributed by atoms with Gasteiger partial charge in [-0.05, 0) is 33.4 Å². The summed E-state index contributed by atoms with van der Waals surface area (Å²) in [5, 5.41) is 0. The lowest BCUT2D eigenvalue weighted by molar-refractivity contribution is -0.210. The molecule has 15 heavy (non-hydrogen) atoms. The number of nitrogens with zero attached hydrogens (tertiary/aromatic N) is 1. The van der Waals surface area contributed by atoms with Gasteiger partial charge in [0.25, 0.3) is 0 Å². The van der Waals surface area contributed by atoms with Crippen LogP contribution in [0.1, 0.15) is 27.7 Å². The van der Waals surface area contributed by atoms with E-state index in [4.69, 9.17) is 9.47 Å². The SMILES string of the molecule is CCN1[C@H]2[C@@](OC)(OC(C)C)C=C[C@]21C. The molecule has 86 valence electrons. The van der Waals surface area contributed by atoms with Crippen LogP contribution in [-0.4, -0.2) is 42.0 Å². The molecule has 0 radical (unpaired) electrons. The Balaban J connectivity index is 2.20. The Bertz CT molecular complexity index is 289. The second kappa shape index (κ2) is 3.30. The van der Waals surface area contributed by atoms with Crippen molar-refractivity contribution in [3.8, 4) is 0 Å². The molecule has 1 fully saturated rings. The average Bonchev–Trinajstić information content (AvgIpc) is 2.69.